The zero-order valence-corrected chi connectivity index (χ0v) is 9.33. The molecular formula is C11H22N2O. The molecule has 0 amide bonds. The van der Waals surface area contributed by atoms with E-state index in [0.717, 1.165) is 12.6 Å². The van der Waals surface area contributed by atoms with Gasteiger partial charge in [0.05, 0.1) is 6.10 Å². The highest BCUT2D eigenvalue weighted by atomic mass is 16.5. The molecule has 3 nitrogen and oxygen atoms in total. The molecular weight excluding hydrogens is 176 g/mol. The predicted molar refractivity (Wildman–Crippen MR) is 57.5 cm³/mol. The molecule has 2 saturated heterocycles. The molecule has 2 heterocycles. The van der Waals surface area contributed by atoms with Gasteiger partial charge in [-0.15, -0.1) is 0 Å². The van der Waals surface area contributed by atoms with Crippen molar-refractivity contribution >= 4 is 0 Å². The van der Waals surface area contributed by atoms with E-state index >= 15 is 0 Å². The van der Waals surface area contributed by atoms with Crippen LogP contribution in [0.1, 0.15) is 26.2 Å². The van der Waals surface area contributed by atoms with Gasteiger partial charge in [-0.25, -0.2) is 0 Å². The molecule has 0 aromatic rings. The van der Waals surface area contributed by atoms with Crippen molar-refractivity contribution in [1.29, 1.82) is 0 Å². The summed E-state index contributed by atoms with van der Waals surface area (Å²) in [5, 5.41) is 3.50. The summed E-state index contributed by atoms with van der Waals surface area (Å²) in [6.45, 7) is 5.85. The van der Waals surface area contributed by atoms with E-state index in [1.165, 1.54) is 32.4 Å². The van der Waals surface area contributed by atoms with Gasteiger partial charge in [0.15, 0.2) is 0 Å². The summed E-state index contributed by atoms with van der Waals surface area (Å²) in [5.41, 5.74) is 0. The molecule has 2 fully saturated rings. The van der Waals surface area contributed by atoms with Crippen LogP contribution in [0, 0.1) is 0 Å². The lowest BCUT2D eigenvalue weighted by Crippen LogP contribution is -2.46. The summed E-state index contributed by atoms with van der Waals surface area (Å²) < 4.78 is 5.40. The molecule has 14 heavy (non-hydrogen) atoms. The standard InChI is InChI=1S/C11H22N2O/c1-9-7-10(3-5-12-9)13-6-4-11(8-13)14-2/h9-12H,3-8H2,1-2H3. The summed E-state index contributed by atoms with van der Waals surface area (Å²) in [6.07, 6.45) is 4.31. The second-order valence-electron chi connectivity index (χ2n) is 4.67. The molecule has 3 unspecified atom stereocenters. The number of rotatable bonds is 2. The third kappa shape index (κ3) is 2.27. The van der Waals surface area contributed by atoms with Crippen LogP contribution in [-0.4, -0.2) is 49.8 Å². The summed E-state index contributed by atoms with van der Waals surface area (Å²) in [4.78, 5) is 2.62. The van der Waals surface area contributed by atoms with E-state index in [1.54, 1.807) is 0 Å². The Labute approximate surface area is 86.8 Å². The molecule has 2 aliphatic heterocycles. The first kappa shape index (κ1) is 10.4. The Morgan fingerprint density at radius 3 is 2.86 bits per heavy atom. The van der Waals surface area contributed by atoms with Crippen molar-refractivity contribution in [1.82, 2.24) is 10.2 Å². The lowest BCUT2D eigenvalue weighted by molar-refractivity contribution is 0.0938. The van der Waals surface area contributed by atoms with Gasteiger partial charge in [-0.2, -0.15) is 0 Å². The number of nitrogens with zero attached hydrogens (tertiary/aromatic N) is 1. The van der Waals surface area contributed by atoms with Gasteiger partial charge in [-0.05, 0) is 32.7 Å². The summed E-state index contributed by atoms with van der Waals surface area (Å²) in [6, 6.07) is 1.49. The Morgan fingerprint density at radius 1 is 1.36 bits per heavy atom. The van der Waals surface area contributed by atoms with E-state index in [0.29, 0.717) is 12.1 Å². The average Bonchev–Trinajstić information content (AvgIpc) is 2.66. The quantitative estimate of drug-likeness (QED) is 0.712. The van der Waals surface area contributed by atoms with Gasteiger partial charge in [0, 0.05) is 32.3 Å². The number of piperidine rings is 1. The molecule has 3 heteroatoms. The van der Waals surface area contributed by atoms with Crippen molar-refractivity contribution in [2.24, 2.45) is 0 Å². The molecule has 82 valence electrons. The van der Waals surface area contributed by atoms with E-state index in [9.17, 15) is 0 Å². The molecule has 0 bridgehead atoms. The summed E-state index contributed by atoms with van der Waals surface area (Å²) >= 11 is 0. The monoisotopic (exact) mass is 198 g/mol. The predicted octanol–water partition coefficient (Wildman–Crippen LogP) is 0.848. The van der Waals surface area contributed by atoms with E-state index in [-0.39, 0.29) is 0 Å². The van der Waals surface area contributed by atoms with Gasteiger partial charge in [-0.3, -0.25) is 4.90 Å². The SMILES string of the molecule is COC1CCN(C2CCNC(C)C2)C1. The van der Waals surface area contributed by atoms with E-state index in [4.69, 9.17) is 4.74 Å². The Hall–Kier alpha value is -0.120. The zero-order chi connectivity index (χ0) is 9.97. The lowest BCUT2D eigenvalue weighted by Gasteiger charge is -2.34. The summed E-state index contributed by atoms with van der Waals surface area (Å²) in [5.74, 6) is 0. The van der Waals surface area contributed by atoms with Crippen molar-refractivity contribution in [3.8, 4) is 0 Å². The Balaban J connectivity index is 1.83. The fourth-order valence-electron chi connectivity index (χ4n) is 2.72. The Morgan fingerprint density at radius 2 is 2.21 bits per heavy atom. The molecule has 0 aromatic carbocycles. The lowest BCUT2D eigenvalue weighted by atomic mass is 9.99. The second-order valence-corrected chi connectivity index (χ2v) is 4.67. The highest BCUT2D eigenvalue weighted by Crippen LogP contribution is 2.21. The van der Waals surface area contributed by atoms with Gasteiger partial charge < -0.3 is 10.1 Å². The molecule has 3 atom stereocenters. The Kier molecular flexibility index (Phi) is 3.42. The number of likely N-dealkylation sites (tertiary alicyclic amines) is 1. The first-order valence-electron chi connectivity index (χ1n) is 5.80. The second kappa shape index (κ2) is 4.60. The number of nitrogens with one attached hydrogen (secondary N) is 1. The average molecular weight is 198 g/mol. The molecule has 0 spiro atoms. The van der Waals surface area contributed by atoms with Crippen LogP contribution < -0.4 is 5.32 Å². The first-order chi connectivity index (χ1) is 6.79. The molecule has 2 rings (SSSR count). The van der Waals surface area contributed by atoms with E-state index in [1.807, 2.05) is 7.11 Å². The zero-order valence-electron chi connectivity index (χ0n) is 9.33. The third-order valence-electron chi connectivity index (χ3n) is 3.62. The summed E-state index contributed by atoms with van der Waals surface area (Å²) in [7, 11) is 1.83. The van der Waals surface area contributed by atoms with Crippen molar-refractivity contribution < 1.29 is 4.74 Å². The maximum absolute atomic E-state index is 5.40. The molecule has 1 N–H and O–H groups in total. The largest absolute Gasteiger partial charge is 0.380 e. The topological polar surface area (TPSA) is 24.5 Å². The van der Waals surface area contributed by atoms with Crippen LogP contribution in [-0.2, 0) is 4.74 Å². The van der Waals surface area contributed by atoms with E-state index in [2.05, 4.69) is 17.1 Å². The van der Waals surface area contributed by atoms with Gasteiger partial charge in [0.1, 0.15) is 0 Å². The van der Waals surface area contributed by atoms with Crippen LogP contribution in [0.5, 0.6) is 0 Å². The van der Waals surface area contributed by atoms with E-state index < -0.39 is 0 Å². The van der Waals surface area contributed by atoms with Crippen LogP contribution in [0.4, 0.5) is 0 Å². The third-order valence-corrected chi connectivity index (χ3v) is 3.62. The minimum atomic E-state index is 0.486. The van der Waals surface area contributed by atoms with Gasteiger partial charge in [0.25, 0.3) is 0 Å². The van der Waals surface area contributed by atoms with Crippen molar-refractivity contribution in [2.75, 3.05) is 26.7 Å². The fourth-order valence-corrected chi connectivity index (χ4v) is 2.72. The maximum atomic E-state index is 5.40. The molecule has 0 radical (unpaired) electrons. The van der Waals surface area contributed by atoms with Crippen molar-refractivity contribution in [3.63, 3.8) is 0 Å². The van der Waals surface area contributed by atoms with Crippen molar-refractivity contribution in [2.45, 2.75) is 44.4 Å². The van der Waals surface area contributed by atoms with Gasteiger partial charge in [-0.1, -0.05) is 0 Å². The number of hydrogen-bond donors (Lipinski definition) is 1. The van der Waals surface area contributed by atoms with Crippen LogP contribution in [0.25, 0.3) is 0 Å². The van der Waals surface area contributed by atoms with Gasteiger partial charge >= 0.3 is 0 Å². The highest BCUT2D eigenvalue weighted by Gasteiger charge is 2.30. The molecule has 2 aliphatic rings. The smallest absolute Gasteiger partial charge is 0.0710 e. The normalized spacial score (nSPS) is 40.3. The van der Waals surface area contributed by atoms with Crippen LogP contribution in [0.3, 0.4) is 0 Å². The van der Waals surface area contributed by atoms with Crippen LogP contribution >= 0.6 is 0 Å². The highest BCUT2D eigenvalue weighted by molar-refractivity contribution is 4.87. The fraction of sp³-hybridized carbons (Fsp3) is 1.00. The minimum absolute atomic E-state index is 0.486. The molecule has 0 saturated carbocycles. The Bertz CT molecular complexity index is 186. The minimum Gasteiger partial charge on any atom is -0.380 e. The van der Waals surface area contributed by atoms with Crippen molar-refractivity contribution in [3.05, 3.63) is 0 Å². The molecule has 0 aliphatic carbocycles. The molecule has 0 aromatic heterocycles. The van der Waals surface area contributed by atoms with Gasteiger partial charge in [0.2, 0.25) is 0 Å². The maximum Gasteiger partial charge on any atom is 0.0710 e. The van der Waals surface area contributed by atoms with Crippen LogP contribution in [0.2, 0.25) is 0 Å². The number of hydrogen-bond acceptors (Lipinski definition) is 3. The number of methoxy groups -OCH3 is 1. The number of ether oxygens (including phenoxy) is 1. The van der Waals surface area contributed by atoms with Crippen LogP contribution in [0.15, 0.2) is 0 Å². The first-order valence-corrected chi connectivity index (χ1v) is 5.80.